The average Bonchev–Trinajstić information content (AvgIpc) is 2.29. The van der Waals surface area contributed by atoms with Crippen LogP contribution in [0.15, 0.2) is 11.8 Å². The van der Waals surface area contributed by atoms with Crippen molar-refractivity contribution in [3.63, 3.8) is 0 Å². The van der Waals surface area contributed by atoms with Crippen molar-refractivity contribution in [1.29, 1.82) is 0 Å². The normalized spacial score (nSPS) is 31.4. The van der Waals surface area contributed by atoms with Gasteiger partial charge in [-0.3, -0.25) is 0 Å². The Kier molecular flexibility index (Phi) is 3.58. The van der Waals surface area contributed by atoms with E-state index in [4.69, 9.17) is 4.74 Å². The summed E-state index contributed by atoms with van der Waals surface area (Å²) in [5, 5.41) is 10.5. The second-order valence-electron chi connectivity index (χ2n) is 5.95. The first kappa shape index (κ1) is 12.0. The molecule has 2 heteroatoms. The van der Waals surface area contributed by atoms with Crippen LogP contribution >= 0.6 is 0 Å². The zero-order chi connectivity index (χ0) is 11.6. The van der Waals surface area contributed by atoms with Crippen LogP contribution in [0, 0.1) is 11.3 Å². The van der Waals surface area contributed by atoms with Crippen molar-refractivity contribution in [3.05, 3.63) is 11.8 Å². The van der Waals surface area contributed by atoms with Crippen molar-refractivity contribution in [3.8, 4) is 0 Å². The monoisotopic (exact) mass is 224 g/mol. The van der Waals surface area contributed by atoms with Crippen LogP contribution in [0.2, 0.25) is 0 Å². The summed E-state index contributed by atoms with van der Waals surface area (Å²) in [5.41, 5.74) is 1.39. The Morgan fingerprint density at radius 1 is 1.38 bits per heavy atom. The third-order valence-corrected chi connectivity index (χ3v) is 4.31. The second-order valence-corrected chi connectivity index (χ2v) is 5.95. The van der Waals surface area contributed by atoms with Gasteiger partial charge in [0.1, 0.15) is 0 Å². The van der Waals surface area contributed by atoms with Crippen molar-refractivity contribution < 1.29 is 9.84 Å². The van der Waals surface area contributed by atoms with Crippen LogP contribution in [-0.2, 0) is 4.74 Å². The van der Waals surface area contributed by atoms with Gasteiger partial charge in [-0.25, -0.2) is 0 Å². The van der Waals surface area contributed by atoms with E-state index in [1.54, 1.807) is 6.26 Å². The van der Waals surface area contributed by atoms with Crippen molar-refractivity contribution in [2.45, 2.75) is 58.5 Å². The van der Waals surface area contributed by atoms with Gasteiger partial charge in [0.25, 0.3) is 0 Å². The zero-order valence-corrected chi connectivity index (χ0v) is 10.5. The maximum Gasteiger partial charge on any atom is 0.0876 e. The molecule has 2 rings (SSSR count). The lowest BCUT2D eigenvalue weighted by molar-refractivity contribution is 0.0193. The Balaban J connectivity index is 2.07. The fourth-order valence-corrected chi connectivity index (χ4v) is 3.17. The topological polar surface area (TPSA) is 29.5 Å². The average molecular weight is 224 g/mol. The zero-order valence-electron chi connectivity index (χ0n) is 10.5. The first-order chi connectivity index (χ1) is 7.61. The SMILES string of the molecule is CC1(C)CCCCC1C(O)C1=COCCC1. The number of aliphatic hydroxyl groups is 1. The summed E-state index contributed by atoms with van der Waals surface area (Å²) in [6.45, 7) is 5.40. The van der Waals surface area contributed by atoms with E-state index in [0.29, 0.717) is 5.92 Å². The predicted octanol–water partition coefficient (Wildman–Crippen LogP) is 3.26. The fourth-order valence-electron chi connectivity index (χ4n) is 3.17. The van der Waals surface area contributed by atoms with Gasteiger partial charge in [-0.2, -0.15) is 0 Å². The van der Waals surface area contributed by atoms with E-state index >= 15 is 0 Å². The molecule has 1 fully saturated rings. The molecule has 0 bridgehead atoms. The van der Waals surface area contributed by atoms with E-state index in [2.05, 4.69) is 13.8 Å². The summed E-state index contributed by atoms with van der Waals surface area (Å²) in [6.07, 6.45) is 8.55. The molecular weight excluding hydrogens is 200 g/mol. The van der Waals surface area contributed by atoms with Crippen LogP contribution in [0.25, 0.3) is 0 Å². The van der Waals surface area contributed by atoms with E-state index < -0.39 is 0 Å². The van der Waals surface area contributed by atoms with E-state index in [0.717, 1.165) is 31.4 Å². The third-order valence-electron chi connectivity index (χ3n) is 4.31. The van der Waals surface area contributed by atoms with E-state index in [1.165, 1.54) is 19.3 Å². The van der Waals surface area contributed by atoms with Crippen LogP contribution < -0.4 is 0 Å². The smallest absolute Gasteiger partial charge is 0.0876 e. The highest BCUT2D eigenvalue weighted by Gasteiger charge is 2.38. The molecule has 2 nitrogen and oxygen atoms in total. The lowest BCUT2D eigenvalue weighted by Gasteiger charge is -2.42. The lowest BCUT2D eigenvalue weighted by Crippen LogP contribution is -2.38. The van der Waals surface area contributed by atoms with E-state index in [1.807, 2.05) is 0 Å². The van der Waals surface area contributed by atoms with E-state index in [-0.39, 0.29) is 11.5 Å². The standard InChI is InChI=1S/C14H24O2/c1-14(2)8-4-3-7-12(14)13(15)11-6-5-9-16-10-11/h10,12-13,15H,3-9H2,1-2H3. The molecule has 16 heavy (non-hydrogen) atoms. The molecule has 0 amide bonds. The Hall–Kier alpha value is -0.500. The van der Waals surface area contributed by atoms with Gasteiger partial charge in [-0.15, -0.1) is 0 Å². The van der Waals surface area contributed by atoms with Crippen LogP contribution in [0.5, 0.6) is 0 Å². The van der Waals surface area contributed by atoms with Gasteiger partial charge in [0.05, 0.1) is 19.0 Å². The number of rotatable bonds is 2. The van der Waals surface area contributed by atoms with Crippen LogP contribution in [0.1, 0.15) is 52.4 Å². The molecule has 0 radical (unpaired) electrons. The molecular formula is C14H24O2. The summed E-state index contributed by atoms with van der Waals surface area (Å²) < 4.78 is 5.34. The van der Waals surface area contributed by atoms with Gasteiger partial charge in [-0.1, -0.05) is 26.7 Å². The van der Waals surface area contributed by atoms with Gasteiger partial charge < -0.3 is 9.84 Å². The summed E-state index contributed by atoms with van der Waals surface area (Å²) >= 11 is 0. The van der Waals surface area contributed by atoms with Crippen LogP contribution in [-0.4, -0.2) is 17.8 Å². The first-order valence-electron chi connectivity index (χ1n) is 6.60. The molecule has 1 heterocycles. The molecule has 1 N–H and O–H groups in total. The first-order valence-corrected chi connectivity index (χ1v) is 6.60. The van der Waals surface area contributed by atoms with Crippen molar-refractivity contribution in [2.24, 2.45) is 11.3 Å². The van der Waals surface area contributed by atoms with Gasteiger partial charge in [0, 0.05) is 0 Å². The number of ether oxygens (including phenoxy) is 1. The fraction of sp³-hybridized carbons (Fsp3) is 0.857. The van der Waals surface area contributed by atoms with Crippen molar-refractivity contribution in [2.75, 3.05) is 6.61 Å². The van der Waals surface area contributed by atoms with Crippen molar-refractivity contribution in [1.82, 2.24) is 0 Å². The molecule has 1 aliphatic heterocycles. The minimum Gasteiger partial charge on any atom is -0.501 e. The maximum absolute atomic E-state index is 10.5. The van der Waals surface area contributed by atoms with Gasteiger partial charge >= 0.3 is 0 Å². The Morgan fingerprint density at radius 3 is 2.81 bits per heavy atom. The third kappa shape index (κ3) is 2.42. The highest BCUT2D eigenvalue weighted by molar-refractivity contribution is 5.10. The van der Waals surface area contributed by atoms with Gasteiger partial charge in [-0.05, 0) is 42.6 Å². The molecule has 0 saturated heterocycles. The molecule has 2 atom stereocenters. The summed E-state index contributed by atoms with van der Waals surface area (Å²) in [4.78, 5) is 0. The molecule has 1 saturated carbocycles. The minimum atomic E-state index is -0.282. The Bertz CT molecular complexity index is 268. The van der Waals surface area contributed by atoms with Crippen LogP contribution in [0.3, 0.4) is 0 Å². The largest absolute Gasteiger partial charge is 0.501 e. The summed E-state index contributed by atoms with van der Waals surface area (Å²) in [7, 11) is 0. The molecule has 0 spiro atoms. The Morgan fingerprint density at radius 2 is 2.19 bits per heavy atom. The molecule has 2 aliphatic rings. The molecule has 0 aromatic carbocycles. The Labute approximate surface area is 98.7 Å². The number of hydrogen-bond acceptors (Lipinski definition) is 2. The molecule has 1 aliphatic carbocycles. The van der Waals surface area contributed by atoms with Crippen LogP contribution in [0.4, 0.5) is 0 Å². The van der Waals surface area contributed by atoms with Crippen molar-refractivity contribution >= 4 is 0 Å². The lowest BCUT2D eigenvalue weighted by atomic mass is 9.65. The van der Waals surface area contributed by atoms with E-state index in [9.17, 15) is 5.11 Å². The highest BCUT2D eigenvalue weighted by atomic mass is 16.5. The number of hydrogen-bond donors (Lipinski definition) is 1. The summed E-state index contributed by atoms with van der Waals surface area (Å²) in [6, 6.07) is 0. The van der Waals surface area contributed by atoms with Gasteiger partial charge in [0.15, 0.2) is 0 Å². The maximum atomic E-state index is 10.5. The summed E-state index contributed by atoms with van der Waals surface area (Å²) in [5.74, 6) is 0.411. The second kappa shape index (κ2) is 4.79. The number of aliphatic hydroxyl groups excluding tert-OH is 1. The van der Waals surface area contributed by atoms with Gasteiger partial charge in [0.2, 0.25) is 0 Å². The minimum absolute atomic E-state index is 0.274. The quantitative estimate of drug-likeness (QED) is 0.780. The molecule has 0 aromatic heterocycles. The molecule has 2 unspecified atom stereocenters. The highest BCUT2D eigenvalue weighted by Crippen LogP contribution is 2.44. The molecule has 0 aromatic rings. The molecule has 92 valence electrons. The predicted molar refractivity (Wildman–Crippen MR) is 65.0 cm³/mol.